The third-order valence-corrected chi connectivity index (χ3v) is 3.52. The van der Waals surface area contributed by atoms with Gasteiger partial charge in [-0.15, -0.1) is 0 Å². The summed E-state index contributed by atoms with van der Waals surface area (Å²) in [6.07, 6.45) is 0.205. The smallest absolute Gasteiger partial charge is 0.407 e. The maximum atomic E-state index is 12.4. The van der Waals surface area contributed by atoms with E-state index < -0.39 is 6.09 Å². The van der Waals surface area contributed by atoms with Crippen molar-refractivity contribution in [1.29, 1.82) is 0 Å². The zero-order chi connectivity index (χ0) is 14.7. The van der Waals surface area contributed by atoms with Crippen molar-refractivity contribution in [3.8, 4) is 5.75 Å². The molecule has 108 valence electrons. The number of methoxy groups -OCH3 is 1. The highest BCUT2D eigenvalue weighted by Crippen LogP contribution is 2.22. The van der Waals surface area contributed by atoms with E-state index in [0.29, 0.717) is 30.6 Å². The van der Waals surface area contributed by atoms with Crippen LogP contribution in [0.1, 0.15) is 22.3 Å². The van der Waals surface area contributed by atoms with E-state index in [9.17, 15) is 14.7 Å². The minimum Gasteiger partial charge on any atom is -0.508 e. The van der Waals surface area contributed by atoms with Crippen molar-refractivity contribution in [2.75, 3.05) is 20.2 Å². The normalized spacial score (nSPS) is 17.9. The number of likely N-dealkylation sites (tertiary alicyclic amines) is 1. The number of phenols is 1. The van der Waals surface area contributed by atoms with Crippen LogP contribution in [-0.4, -0.2) is 48.2 Å². The number of nitrogens with one attached hydrogen (secondary N) is 1. The Morgan fingerprint density at radius 2 is 2.20 bits per heavy atom. The van der Waals surface area contributed by atoms with E-state index >= 15 is 0 Å². The number of alkyl carbamates (subject to hydrolysis) is 1. The fraction of sp³-hybridized carbons (Fsp3) is 0.429. The molecule has 1 heterocycles. The Labute approximate surface area is 117 Å². The molecule has 1 unspecified atom stereocenters. The topological polar surface area (TPSA) is 78.9 Å². The Hall–Kier alpha value is -2.24. The maximum absolute atomic E-state index is 12.4. The SMILES string of the molecule is COC(=O)NC1CCN(C(=O)c2cccc(O)c2C)C1. The van der Waals surface area contributed by atoms with E-state index in [2.05, 4.69) is 10.1 Å². The van der Waals surface area contributed by atoms with Gasteiger partial charge in [-0.2, -0.15) is 0 Å². The summed E-state index contributed by atoms with van der Waals surface area (Å²) < 4.78 is 4.54. The zero-order valence-corrected chi connectivity index (χ0v) is 11.5. The molecule has 1 aliphatic heterocycles. The molecule has 0 aromatic heterocycles. The van der Waals surface area contributed by atoms with Crippen LogP contribution in [0, 0.1) is 6.92 Å². The Morgan fingerprint density at radius 3 is 2.90 bits per heavy atom. The standard InChI is InChI=1S/C14H18N2O4/c1-9-11(4-3-5-12(9)17)13(18)16-7-6-10(8-16)15-14(19)20-2/h3-5,10,17H,6-8H2,1-2H3,(H,15,19). The molecule has 1 aromatic rings. The molecular formula is C14H18N2O4. The molecule has 1 atom stereocenters. The largest absolute Gasteiger partial charge is 0.508 e. The van der Waals surface area contributed by atoms with Crippen molar-refractivity contribution < 1.29 is 19.4 Å². The maximum Gasteiger partial charge on any atom is 0.407 e. The van der Waals surface area contributed by atoms with E-state index in [1.54, 1.807) is 30.0 Å². The summed E-state index contributed by atoms with van der Waals surface area (Å²) in [5.74, 6) is -0.0214. The summed E-state index contributed by atoms with van der Waals surface area (Å²) in [7, 11) is 1.31. The van der Waals surface area contributed by atoms with Crippen LogP contribution in [0.25, 0.3) is 0 Å². The van der Waals surface area contributed by atoms with Crippen LogP contribution in [0.15, 0.2) is 18.2 Å². The van der Waals surface area contributed by atoms with E-state index in [1.165, 1.54) is 7.11 Å². The van der Waals surface area contributed by atoms with Crippen LogP contribution in [0.3, 0.4) is 0 Å². The molecule has 0 radical (unpaired) electrons. The van der Waals surface area contributed by atoms with E-state index in [-0.39, 0.29) is 17.7 Å². The molecule has 2 N–H and O–H groups in total. The second kappa shape index (κ2) is 5.81. The van der Waals surface area contributed by atoms with Crippen LogP contribution in [0.4, 0.5) is 4.79 Å². The first-order valence-corrected chi connectivity index (χ1v) is 6.45. The Kier molecular flexibility index (Phi) is 4.12. The summed E-state index contributed by atoms with van der Waals surface area (Å²) in [5.41, 5.74) is 1.06. The number of ether oxygens (including phenoxy) is 1. The number of phenolic OH excluding ortho intramolecular Hbond substituents is 1. The number of carbonyl (C=O) groups is 2. The number of amides is 2. The second-order valence-corrected chi connectivity index (χ2v) is 4.82. The summed E-state index contributed by atoms with van der Waals surface area (Å²) in [5, 5.41) is 12.3. The predicted octanol–water partition coefficient (Wildman–Crippen LogP) is 1.27. The third-order valence-electron chi connectivity index (χ3n) is 3.52. The number of aromatic hydroxyl groups is 1. The molecule has 1 saturated heterocycles. The molecule has 2 rings (SSSR count). The van der Waals surface area contributed by atoms with Crippen molar-refractivity contribution in [2.45, 2.75) is 19.4 Å². The van der Waals surface area contributed by atoms with Gasteiger partial charge in [0.05, 0.1) is 13.2 Å². The van der Waals surface area contributed by atoms with Crippen molar-refractivity contribution in [3.63, 3.8) is 0 Å². The molecule has 20 heavy (non-hydrogen) atoms. The van der Waals surface area contributed by atoms with Crippen molar-refractivity contribution in [3.05, 3.63) is 29.3 Å². The average molecular weight is 278 g/mol. The molecule has 1 fully saturated rings. The Bertz CT molecular complexity index is 530. The highest BCUT2D eigenvalue weighted by Gasteiger charge is 2.29. The number of hydrogen-bond acceptors (Lipinski definition) is 4. The quantitative estimate of drug-likeness (QED) is 0.854. The van der Waals surface area contributed by atoms with Gasteiger partial charge >= 0.3 is 6.09 Å². The first-order valence-electron chi connectivity index (χ1n) is 6.45. The van der Waals surface area contributed by atoms with Crippen LogP contribution in [0.5, 0.6) is 5.75 Å². The first kappa shape index (κ1) is 14.2. The lowest BCUT2D eigenvalue weighted by Crippen LogP contribution is -2.38. The van der Waals surface area contributed by atoms with Crippen LogP contribution < -0.4 is 5.32 Å². The van der Waals surface area contributed by atoms with Crippen LogP contribution in [0.2, 0.25) is 0 Å². The molecule has 1 aliphatic rings. The number of rotatable bonds is 2. The Morgan fingerprint density at radius 1 is 1.45 bits per heavy atom. The van der Waals surface area contributed by atoms with Gasteiger partial charge in [-0.1, -0.05) is 6.07 Å². The summed E-state index contributed by atoms with van der Waals surface area (Å²) in [4.78, 5) is 25.2. The fourth-order valence-electron chi connectivity index (χ4n) is 2.31. The van der Waals surface area contributed by atoms with Gasteiger partial charge < -0.3 is 20.1 Å². The van der Waals surface area contributed by atoms with E-state index in [0.717, 1.165) is 0 Å². The Balaban J connectivity index is 2.04. The molecule has 0 spiro atoms. The lowest BCUT2D eigenvalue weighted by atomic mass is 10.1. The monoisotopic (exact) mass is 278 g/mol. The number of carbonyl (C=O) groups excluding carboxylic acids is 2. The molecule has 0 saturated carbocycles. The minimum absolute atomic E-state index is 0.0935. The second-order valence-electron chi connectivity index (χ2n) is 4.82. The lowest BCUT2D eigenvalue weighted by molar-refractivity contribution is 0.0787. The first-order chi connectivity index (χ1) is 9.52. The van der Waals surface area contributed by atoms with Gasteiger partial charge in [0, 0.05) is 24.2 Å². The van der Waals surface area contributed by atoms with Gasteiger partial charge in [-0.05, 0) is 25.5 Å². The van der Waals surface area contributed by atoms with Gasteiger partial charge in [0.2, 0.25) is 0 Å². The molecular weight excluding hydrogens is 260 g/mol. The van der Waals surface area contributed by atoms with Crippen molar-refractivity contribution in [2.24, 2.45) is 0 Å². The minimum atomic E-state index is -0.488. The van der Waals surface area contributed by atoms with Crippen molar-refractivity contribution in [1.82, 2.24) is 10.2 Å². The molecule has 2 amide bonds. The predicted molar refractivity (Wildman–Crippen MR) is 72.7 cm³/mol. The van der Waals surface area contributed by atoms with Crippen molar-refractivity contribution >= 4 is 12.0 Å². The zero-order valence-electron chi connectivity index (χ0n) is 11.5. The molecule has 1 aromatic carbocycles. The molecule has 0 aliphatic carbocycles. The number of hydrogen-bond donors (Lipinski definition) is 2. The van der Waals surface area contributed by atoms with E-state index in [4.69, 9.17) is 0 Å². The summed E-state index contributed by atoms with van der Waals surface area (Å²) in [6, 6.07) is 4.80. The summed E-state index contributed by atoms with van der Waals surface area (Å²) in [6.45, 7) is 2.73. The number of benzene rings is 1. The lowest BCUT2D eigenvalue weighted by Gasteiger charge is -2.18. The van der Waals surface area contributed by atoms with E-state index in [1.807, 2.05) is 0 Å². The average Bonchev–Trinajstić information content (AvgIpc) is 2.89. The highest BCUT2D eigenvalue weighted by molar-refractivity contribution is 5.96. The van der Waals surface area contributed by atoms with Crippen LogP contribution in [-0.2, 0) is 4.74 Å². The summed E-state index contributed by atoms with van der Waals surface area (Å²) >= 11 is 0. The van der Waals surface area contributed by atoms with Gasteiger partial charge in [-0.25, -0.2) is 4.79 Å². The van der Waals surface area contributed by atoms with Gasteiger partial charge in [0.25, 0.3) is 5.91 Å². The molecule has 6 nitrogen and oxygen atoms in total. The van der Waals surface area contributed by atoms with Gasteiger partial charge in [0.15, 0.2) is 0 Å². The van der Waals surface area contributed by atoms with Gasteiger partial charge in [0.1, 0.15) is 5.75 Å². The van der Waals surface area contributed by atoms with Gasteiger partial charge in [-0.3, -0.25) is 4.79 Å². The number of nitrogens with zero attached hydrogens (tertiary/aromatic N) is 1. The third kappa shape index (κ3) is 2.84. The van der Waals surface area contributed by atoms with Crippen LogP contribution >= 0.6 is 0 Å². The highest BCUT2D eigenvalue weighted by atomic mass is 16.5. The fourth-order valence-corrected chi connectivity index (χ4v) is 2.31. The molecule has 0 bridgehead atoms. The molecule has 6 heteroatoms.